The molecule has 0 saturated carbocycles. The summed E-state index contributed by atoms with van der Waals surface area (Å²) in [4.78, 5) is 12.1. The van der Waals surface area contributed by atoms with E-state index in [2.05, 4.69) is 6.07 Å². The predicted octanol–water partition coefficient (Wildman–Crippen LogP) is 3.46. The fourth-order valence-corrected chi connectivity index (χ4v) is 1.78. The van der Waals surface area contributed by atoms with Crippen molar-refractivity contribution < 1.29 is 9.53 Å². The number of ether oxygens (including phenoxy) is 1. The smallest absolute Gasteiger partial charge is 0.189 e. The zero-order chi connectivity index (χ0) is 14.4. The van der Waals surface area contributed by atoms with E-state index in [9.17, 15) is 4.79 Å². The second-order valence-electron chi connectivity index (χ2n) is 4.13. The average Bonchev–Trinajstić information content (AvgIpc) is 2.53. The highest BCUT2D eigenvalue weighted by atomic mass is 16.5. The molecular formula is C17H13NO2. The zero-order valence-corrected chi connectivity index (χ0v) is 11.0. The van der Waals surface area contributed by atoms with Crippen LogP contribution in [0.5, 0.6) is 5.75 Å². The van der Waals surface area contributed by atoms with Gasteiger partial charge in [-0.05, 0) is 35.9 Å². The van der Waals surface area contributed by atoms with Crippen molar-refractivity contribution in [3.05, 3.63) is 71.3 Å². The predicted molar refractivity (Wildman–Crippen MR) is 77.5 cm³/mol. The summed E-state index contributed by atoms with van der Waals surface area (Å²) in [5.74, 6) is 0.439. The number of nitriles is 1. The monoisotopic (exact) mass is 263 g/mol. The molecule has 3 heteroatoms. The Kier molecular flexibility index (Phi) is 4.31. The molecular weight excluding hydrogens is 250 g/mol. The third-order valence-corrected chi connectivity index (χ3v) is 2.84. The Labute approximate surface area is 117 Å². The van der Waals surface area contributed by atoms with Gasteiger partial charge in [0.1, 0.15) is 5.75 Å². The summed E-state index contributed by atoms with van der Waals surface area (Å²) >= 11 is 0. The first kappa shape index (κ1) is 13.6. The van der Waals surface area contributed by atoms with Crippen LogP contribution in [0.15, 0.2) is 54.6 Å². The van der Waals surface area contributed by atoms with E-state index in [1.54, 1.807) is 48.5 Å². The number of benzene rings is 2. The molecule has 2 aromatic carbocycles. The number of rotatable bonds is 4. The molecule has 20 heavy (non-hydrogen) atoms. The van der Waals surface area contributed by atoms with Gasteiger partial charge in [0.25, 0.3) is 0 Å². The molecule has 0 N–H and O–H groups in total. The van der Waals surface area contributed by atoms with Crippen LogP contribution in [0.3, 0.4) is 0 Å². The zero-order valence-electron chi connectivity index (χ0n) is 11.0. The van der Waals surface area contributed by atoms with Gasteiger partial charge in [-0.3, -0.25) is 4.79 Å². The number of carbonyl (C=O) groups excluding carboxylic acids is 1. The van der Waals surface area contributed by atoms with Gasteiger partial charge in [0.15, 0.2) is 5.78 Å². The van der Waals surface area contributed by atoms with Crippen molar-refractivity contribution >= 4 is 11.9 Å². The third-order valence-electron chi connectivity index (χ3n) is 2.84. The maximum Gasteiger partial charge on any atom is 0.189 e. The lowest BCUT2D eigenvalue weighted by Gasteiger charge is -2.04. The van der Waals surface area contributed by atoms with Gasteiger partial charge in [0.2, 0.25) is 0 Å². The Morgan fingerprint density at radius 3 is 2.50 bits per heavy atom. The first-order valence-corrected chi connectivity index (χ1v) is 6.10. The van der Waals surface area contributed by atoms with Gasteiger partial charge in [0, 0.05) is 0 Å². The summed E-state index contributed by atoms with van der Waals surface area (Å²) < 4.78 is 5.16. The molecule has 0 bridgehead atoms. The molecule has 0 aliphatic heterocycles. The van der Waals surface area contributed by atoms with E-state index < -0.39 is 0 Å². The normalized spacial score (nSPS) is 10.2. The summed E-state index contributed by atoms with van der Waals surface area (Å²) in [6.45, 7) is 0. The molecule has 0 amide bonds. The standard InChI is InChI=1S/C17H13NO2/c1-20-17-5-3-2-4-15(17)16(19)11-10-13-6-8-14(12-18)9-7-13/h2-11H,1H3/b11-10+. The lowest BCUT2D eigenvalue weighted by molar-refractivity contribution is 0.104. The molecule has 3 nitrogen and oxygen atoms in total. The second-order valence-corrected chi connectivity index (χ2v) is 4.13. The molecule has 0 fully saturated rings. The minimum atomic E-state index is -0.119. The summed E-state index contributed by atoms with van der Waals surface area (Å²) in [6, 6.07) is 16.2. The Balaban J connectivity index is 2.18. The summed E-state index contributed by atoms with van der Waals surface area (Å²) in [5, 5.41) is 8.72. The Morgan fingerprint density at radius 1 is 1.15 bits per heavy atom. The number of carbonyl (C=O) groups is 1. The number of allylic oxidation sites excluding steroid dienone is 1. The summed E-state index contributed by atoms with van der Waals surface area (Å²) in [6.07, 6.45) is 3.22. The summed E-state index contributed by atoms with van der Waals surface area (Å²) in [5.41, 5.74) is 1.99. The van der Waals surface area contributed by atoms with Gasteiger partial charge < -0.3 is 4.74 Å². The third kappa shape index (κ3) is 3.12. The van der Waals surface area contributed by atoms with E-state index in [4.69, 9.17) is 10.00 Å². The Morgan fingerprint density at radius 2 is 1.85 bits per heavy atom. The van der Waals surface area contributed by atoms with E-state index >= 15 is 0 Å². The first-order valence-electron chi connectivity index (χ1n) is 6.10. The lowest BCUT2D eigenvalue weighted by atomic mass is 10.1. The average molecular weight is 263 g/mol. The molecule has 2 aromatic rings. The van der Waals surface area contributed by atoms with Crippen molar-refractivity contribution in [3.63, 3.8) is 0 Å². The van der Waals surface area contributed by atoms with Crippen LogP contribution in [0.25, 0.3) is 6.08 Å². The van der Waals surface area contributed by atoms with Crippen LogP contribution >= 0.6 is 0 Å². The van der Waals surface area contributed by atoms with E-state index in [-0.39, 0.29) is 5.78 Å². The van der Waals surface area contributed by atoms with Crippen molar-refractivity contribution in [2.24, 2.45) is 0 Å². The molecule has 0 aliphatic carbocycles. The van der Waals surface area contributed by atoms with Gasteiger partial charge >= 0.3 is 0 Å². The van der Waals surface area contributed by atoms with E-state index in [1.807, 2.05) is 6.07 Å². The van der Waals surface area contributed by atoms with Crippen molar-refractivity contribution in [2.45, 2.75) is 0 Å². The van der Waals surface area contributed by atoms with Gasteiger partial charge in [0.05, 0.1) is 24.3 Å². The van der Waals surface area contributed by atoms with E-state index in [1.165, 1.54) is 13.2 Å². The number of methoxy groups -OCH3 is 1. The topological polar surface area (TPSA) is 50.1 Å². The van der Waals surface area contributed by atoms with Crippen molar-refractivity contribution in [1.82, 2.24) is 0 Å². The van der Waals surface area contributed by atoms with Crippen LogP contribution in [-0.2, 0) is 0 Å². The first-order chi connectivity index (χ1) is 9.74. The Hall–Kier alpha value is -2.86. The number of hydrogen-bond donors (Lipinski definition) is 0. The quantitative estimate of drug-likeness (QED) is 0.627. The van der Waals surface area contributed by atoms with Gasteiger partial charge in [-0.2, -0.15) is 5.26 Å². The van der Waals surface area contributed by atoms with Crippen LogP contribution in [0.4, 0.5) is 0 Å². The van der Waals surface area contributed by atoms with Crippen LogP contribution in [-0.4, -0.2) is 12.9 Å². The summed E-state index contributed by atoms with van der Waals surface area (Å²) in [7, 11) is 1.54. The van der Waals surface area contributed by atoms with E-state index in [0.717, 1.165) is 5.56 Å². The highest BCUT2D eigenvalue weighted by Crippen LogP contribution is 2.18. The maximum atomic E-state index is 12.1. The Bertz CT molecular complexity index is 679. The molecule has 0 spiro atoms. The van der Waals surface area contributed by atoms with Crippen LogP contribution < -0.4 is 4.74 Å². The highest BCUT2D eigenvalue weighted by molar-refractivity contribution is 6.08. The van der Waals surface area contributed by atoms with Crippen LogP contribution in [0, 0.1) is 11.3 Å². The SMILES string of the molecule is COc1ccccc1C(=O)/C=C/c1ccc(C#N)cc1. The van der Waals surface area contributed by atoms with Gasteiger partial charge in [-0.15, -0.1) is 0 Å². The number of ketones is 1. The fraction of sp³-hybridized carbons (Fsp3) is 0.0588. The minimum absolute atomic E-state index is 0.119. The second kappa shape index (κ2) is 6.35. The molecule has 0 unspecified atom stereocenters. The van der Waals surface area contributed by atoms with Crippen molar-refractivity contribution in [2.75, 3.05) is 7.11 Å². The maximum absolute atomic E-state index is 12.1. The highest BCUT2D eigenvalue weighted by Gasteiger charge is 2.07. The molecule has 0 saturated heterocycles. The number of hydrogen-bond acceptors (Lipinski definition) is 3. The lowest BCUT2D eigenvalue weighted by Crippen LogP contribution is -1.98. The molecule has 0 aliphatic rings. The minimum Gasteiger partial charge on any atom is -0.496 e. The van der Waals surface area contributed by atoms with Gasteiger partial charge in [-0.25, -0.2) is 0 Å². The van der Waals surface area contributed by atoms with Crippen molar-refractivity contribution in [1.29, 1.82) is 5.26 Å². The van der Waals surface area contributed by atoms with Crippen LogP contribution in [0.1, 0.15) is 21.5 Å². The molecule has 0 heterocycles. The molecule has 2 rings (SSSR count). The molecule has 0 aromatic heterocycles. The van der Waals surface area contributed by atoms with Crippen LogP contribution in [0.2, 0.25) is 0 Å². The number of nitrogens with zero attached hydrogens (tertiary/aromatic N) is 1. The number of para-hydroxylation sites is 1. The molecule has 0 radical (unpaired) electrons. The molecule has 0 atom stereocenters. The fourth-order valence-electron chi connectivity index (χ4n) is 1.78. The van der Waals surface area contributed by atoms with E-state index in [0.29, 0.717) is 16.9 Å². The van der Waals surface area contributed by atoms with Crippen molar-refractivity contribution in [3.8, 4) is 11.8 Å². The molecule has 98 valence electrons. The van der Waals surface area contributed by atoms with Gasteiger partial charge in [-0.1, -0.05) is 30.3 Å². The largest absolute Gasteiger partial charge is 0.496 e.